The summed E-state index contributed by atoms with van der Waals surface area (Å²) >= 11 is 2.69. The zero-order valence-corrected chi connectivity index (χ0v) is 13.6. The molecule has 116 valence electrons. The maximum Gasteiger partial charge on any atom is 0.335 e. The summed E-state index contributed by atoms with van der Waals surface area (Å²) < 4.78 is 0.708. The van der Waals surface area contributed by atoms with Crippen LogP contribution in [0, 0.1) is 0 Å². The third-order valence-electron chi connectivity index (χ3n) is 3.06. The van der Waals surface area contributed by atoms with Crippen molar-refractivity contribution >= 4 is 50.3 Å². The summed E-state index contributed by atoms with van der Waals surface area (Å²) in [5.41, 5.74) is 1.34. The molecule has 0 bridgehead atoms. The van der Waals surface area contributed by atoms with Crippen LogP contribution in [-0.2, 0) is 0 Å². The maximum absolute atomic E-state index is 12.3. The average molecular weight is 345 g/mol. The number of nitrogens with zero attached hydrogens (tertiary/aromatic N) is 2. The lowest BCUT2D eigenvalue weighted by atomic mass is 10.2. The normalized spacial score (nSPS) is 10.7. The smallest absolute Gasteiger partial charge is 0.335 e. The number of carboxylic acid groups (broad SMARTS) is 1. The molecule has 8 heteroatoms. The van der Waals surface area contributed by atoms with E-state index >= 15 is 0 Å². The number of hydrogen-bond donors (Lipinski definition) is 2. The fraction of sp³-hybridized carbons (Fsp3) is 0.0667. The Hall–Kier alpha value is -2.45. The van der Waals surface area contributed by atoms with Gasteiger partial charge in [0.2, 0.25) is 0 Å². The van der Waals surface area contributed by atoms with Gasteiger partial charge in [0.25, 0.3) is 5.91 Å². The van der Waals surface area contributed by atoms with Crippen molar-refractivity contribution in [3.05, 3.63) is 47.7 Å². The standard InChI is InChI=1S/C15H11N3O3S2/c1-22-12-7-8(4-5-16-12)13(19)18-15-17-10-3-2-9(14(20)21)6-11(10)23-15/h2-7H,1H3,(H,20,21)(H,17,18,19). The van der Waals surface area contributed by atoms with Crippen molar-refractivity contribution in [2.75, 3.05) is 11.6 Å². The van der Waals surface area contributed by atoms with E-state index in [0.29, 0.717) is 20.9 Å². The zero-order valence-electron chi connectivity index (χ0n) is 11.9. The van der Waals surface area contributed by atoms with Crippen LogP contribution in [0.4, 0.5) is 5.13 Å². The highest BCUT2D eigenvalue weighted by Crippen LogP contribution is 2.27. The van der Waals surface area contributed by atoms with Crippen LogP contribution in [-0.4, -0.2) is 33.2 Å². The number of thioether (sulfide) groups is 1. The monoisotopic (exact) mass is 345 g/mol. The van der Waals surface area contributed by atoms with Gasteiger partial charge in [-0.15, -0.1) is 11.8 Å². The lowest BCUT2D eigenvalue weighted by Crippen LogP contribution is -2.11. The highest BCUT2D eigenvalue weighted by Gasteiger charge is 2.12. The molecule has 2 N–H and O–H groups in total. The highest BCUT2D eigenvalue weighted by atomic mass is 32.2. The molecule has 0 spiro atoms. The van der Waals surface area contributed by atoms with Crippen LogP contribution in [0.1, 0.15) is 20.7 Å². The number of fused-ring (bicyclic) bond motifs is 1. The number of aromatic nitrogens is 2. The minimum atomic E-state index is -0.993. The molecule has 3 rings (SSSR count). The van der Waals surface area contributed by atoms with Gasteiger partial charge in [-0.2, -0.15) is 0 Å². The number of carbonyl (C=O) groups excluding carboxylic acids is 1. The Morgan fingerprint density at radius 2 is 2.04 bits per heavy atom. The van der Waals surface area contributed by atoms with Crippen molar-refractivity contribution in [2.45, 2.75) is 5.03 Å². The predicted molar refractivity (Wildman–Crippen MR) is 90.6 cm³/mol. The van der Waals surface area contributed by atoms with E-state index in [1.807, 2.05) is 6.26 Å². The van der Waals surface area contributed by atoms with E-state index in [4.69, 9.17) is 5.11 Å². The summed E-state index contributed by atoms with van der Waals surface area (Å²) in [6.07, 6.45) is 3.47. The van der Waals surface area contributed by atoms with E-state index in [2.05, 4.69) is 15.3 Å². The van der Waals surface area contributed by atoms with Crippen LogP contribution >= 0.6 is 23.1 Å². The molecule has 0 aliphatic rings. The second-order valence-electron chi connectivity index (χ2n) is 4.55. The summed E-state index contributed by atoms with van der Waals surface area (Å²) in [6, 6.07) is 8.00. The number of thiazole rings is 1. The molecule has 0 fully saturated rings. The first-order valence-corrected chi connectivity index (χ1v) is 8.56. The van der Waals surface area contributed by atoms with E-state index < -0.39 is 5.97 Å². The number of rotatable bonds is 4. The number of hydrogen-bond acceptors (Lipinski definition) is 6. The van der Waals surface area contributed by atoms with E-state index in [0.717, 1.165) is 5.03 Å². The molecule has 3 aromatic rings. The van der Waals surface area contributed by atoms with E-state index in [-0.39, 0.29) is 11.5 Å². The molecule has 23 heavy (non-hydrogen) atoms. The second kappa shape index (κ2) is 6.35. The van der Waals surface area contributed by atoms with Crippen LogP contribution in [0.15, 0.2) is 41.6 Å². The Morgan fingerprint density at radius 3 is 2.78 bits per heavy atom. The summed E-state index contributed by atoms with van der Waals surface area (Å²) in [7, 11) is 0. The number of amides is 1. The van der Waals surface area contributed by atoms with Gasteiger partial charge in [0.15, 0.2) is 5.13 Å². The lowest BCUT2D eigenvalue weighted by Gasteiger charge is -2.02. The molecular weight excluding hydrogens is 334 g/mol. The number of pyridine rings is 1. The number of anilines is 1. The van der Waals surface area contributed by atoms with E-state index in [1.165, 1.54) is 29.2 Å². The molecule has 2 aromatic heterocycles. The maximum atomic E-state index is 12.3. The first-order chi connectivity index (χ1) is 11.1. The molecule has 1 aromatic carbocycles. The van der Waals surface area contributed by atoms with Gasteiger partial charge in [-0.3, -0.25) is 10.1 Å². The molecule has 0 aliphatic heterocycles. The van der Waals surface area contributed by atoms with Crippen molar-refractivity contribution in [1.82, 2.24) is 9.97 Å². The van der Waals surface area contributed by atoms with Crippen molar-refractivity contribution in [1.29, 1.82) is 0 Å². The first kappa shape index (κ1) is 15.4. The van der Waals surface area contributed by atoms with Gasteiger partial charge in [-0.25, -0.2) is 14.8 Å². The fourth-order valence-corrected chi connectivity index (χ4v) is 3.25. The van der Waals surface area contributed by atoms with Gasteiger partial charge in [0.05, 0.1) is 20.8 Å². The average Bonchev–Trinajstić information content (AvgIpc) is 2.96. The highest BCUT2D eigenvalue weighted by molar-refractivity contribution is 7.98. The van der Waals surface area contributed by atoms with Crippen LogP contribution < -0.4 is 5.32 Å². The van der Waals surface area contributed by atoms with Crippen LogP contribution in [0.3, 0.4) is 0 Å². The molecule has 0 aliphatic carbocycles. The molecule has 1 amide bonds. The van der Waals surface area contributed by atoms with Gasteiger partial charge in [-0.05, 0) is 36.6 Å². The van der Waals surface area contributed by atoms with Crippen molar-refractivity contribution in [3.8, 4) is 0 Å². The summed E-state index contributed by atoms with van der Waals surface area (Å²) in [5.74, 6) is -1.27. The molecule has 0 saturated carbocycles. The number of benzene rings is 1. The van der Waals surface area contributed by atoms with Gasteiger partial charge in [0, 0.05) is 11.8 Å². The summed E-state index contributed by atoms with van der Waals surface area (Å²) in [5, 5.41) is 12.9. The Bertz CT molecular complexity index is 908. The van der Waals surface area contributed by atoms with E-state index in [1.54, 1.807) is 30.5 Å². The Labute approximate surface area is 139 Å². The van der Waals surface area contributed by atoms with Crippen LogP contribution in [0.5, 0.6) is 0 Å². The Balaban J connectivity index is 1.85. The topological polar surface area (TPSA) is 92.2 Å². The molecular formula is C15H11N3O3S2. The van der Waals surface area contributed by atoms with Crippen LogP contribution in [0.2, 0.25) is 0 Å². The van der Waals surface area contributed by atoms with Crippen molar-refractivity contribution < 1.29 is 14.7 Å². The second-order valence-corrected chi connectivity index (χ2v) is 6.40. The fourth-order valence-electron chi connectivity index (χ4n) is 1.94. The summed E-state index contributed by atoms with van der Waals surface area (Å²) in [4.78, 5) is 31.7. The predicted octanol–water partition coefficient (Wildman–Crippen LogP) is 3.36. The minimum Gasteiger partial charge on any atom is -0.478 e. The number of nitrogens with one attached hydrogen (secondary N) is 1. The van der Waals surface area contributed by atoms with Crippen molar-refractivity contribution in [2.24, 2.45) is 0 Å². The van der Waals surface area contributed by atoms with Crippen LogP contribution in [0.25, 0.3) is 10.2 Å². The largest absolute Gasteiger partial charge is 0.478 e. The number of carbonyl (C=O) groups is 2. The number of carboxylic acids is 1. The number of aromatic carboxylic acids is 1. The Kier molecular flexibility index (Phi) is 4.26. The molecule has 0 radical (unpaired) electrons. The van der Waals surface area contributed by atoms with Gasteiger partial charge in [0.1, 0.15) is 0 Å². The SMILES string of the molecule is CSc1cc(C(=O)Nc2nc3ccc(C(=O)O)cc3s2)ccn1. The van der Waals surface area contributed by atoms with Gasteiger partial charge in [-0.1, -0.05) is 11.3 Å². The first-order valence-electron chi connectivity index (χ1n) is 6.52. The third-order valence-corrected chi connectivity index (χ3v) is 4.64. The minimum absolute atomic E-state index is 0.192. The van der Waals surface area contributed by atoms with Crippen molar-refractivity contribution in [3.63, 3.8) is 0 Å². The molecule has 2 heterocycles. The summed E-state index contributed by atoms with van der Waals surface area (Å²) in [6.45, 7) is 0. The Morgan fingerprint density at radius 1 is 1.22 bits per heavy atom. The van der Waals surface area contributed by atoms with Gasteiger partial charge >= 0.3 is 5.97 Å². The molecule has 0 unspecified atom stereocenters. The van der Waals surface area contributed by atoms with E-state index in [9.17, 15) is 9.59 Å². The molecule has 0 atom stereocenters. The molecule has 6 nitrogen and oxygen atoms in total. The lowest BCUT2D eigenvalue weighted by molar-refractivity contribution is 0.0697. The zero-order chi connectivity index (χ0) is 16.4. The quantitative estimate of drug-likeness (QED) is 0.704. The molecule has 0 saturated heterocycles. The van der Waals surface area contributed by atoms with Gasteiger partial charge < -0.3 is 5.11 Å². The third kappa shape index (κ3) is 3.33.